The van der Waals surface area contributed by atoms with Crippen LogP contribution in [0.2, 0.25) is 0 Å². The van der Waals surface area contributed by atoms with Crippen molar-refractivity contribution in [1.82, 2.24) is 0 Å². The van der Waals surface area contributed by atoms with Crippen LogP contribution in [-0.2, 0) is 35.7 Å². The second-order valence-corrected chi connectivity index (χ2v) is 27.8. The van der Waals surface area contributed by atoms with Gasteiger partial charge in [0.1, 0.15) is 12.4 Å². The summed E-state index contributed by atoms with van der Waals surface area (Å²) in [6.07, 6.45) is 4.64. The molecule has 3 unspecified atom stereocenters. The Morgan fingerprint density at radius 3 is 1.35 bits per heavy atom. The summed E-state index contributed by atoms with van der Waals surface area (Å²) in [5.41, 5.74) is 30.2. The Labute approximate surface area is 561 Å². The standard InChI is InChI=1S/C93H79NO/c1-6-65(68-34-36-70(37-35-68)72-40-38-71-39-41-73(71)59-72)58-63(2)66-32-30-64(31-33-66)62-95-82-54-48-78(49-55-82)93(77-46-44-74(45-47-77)91(3,4)5)88-29-19-17-27-84(88)86-57-53-81(61-90(86)93)94(79-50-42-69(43-51-79)67-20-10-7-11-21-67)80-52-56-85-83-26-16-18-28-87(83)92(89(85)60-80,75-22-12-8-13-23-75)76-24-14-9-15-25-76/h7-38,40,42-57,59-61,63,65H,6,39,41,58,62H2,1-5H3. The molecule has 0 saturated heterocycles. The smallest absolute Gasteiger partial charge is 0.119 e. The zero-order chi connectivity index (χ0) is 64.3. The molecule has 0 saturated carbocycles. The van der Waals surface area contributed by atoms with Crippen LogP contribution in [0.25, 0.3) is 44.5 Å². The first kappa shape index (κ1) is 59.5. The molecule has 95 heavy (non-hydrogen) atoms. The first-order chi connectivity index (χ1) is 46.6. The maximum Gasteiger partial charge on any atom is 0.119 e. The van der Waals surface area contributed by atoms with Crippen molar-refractivity contribution in [2.45, 2.75) is 95.0 Å². The second kappa shape index (κ2) is 24.4. The molecule has 0 spiro atoms. The molecule has 13 aromatic rings. The maximum atomic E-state index is 6.74. The van der Waals surface area contributed by atoms with Gasteiger partial charge in [0.25, 0.3) is 0 Å². The van der Waals surface area contributed by atoms with Gasteiger partial charge < -0.3 is 9.64 Å². The second-order valence-electron chi connectivity index (χ2n) is 27.8. The molecule has 0 radical (unpaired) electrons. The molecule has 0 bridgehead atoms. The van der Waals surface area contributed by atoms with Gasteiger partial charge in [0.05, 0.1) is 10.8 Å². The lowest BCUT2D eigenvalue weighted by atomic mass is 9.67. The molecule has 0 amide bonds. The number of ether oxygens (including phenoxy) is 1. The van der Waals surface area contributed by atoms with Crippen LogP contribution in [0.3, 0.4) is 0 Å². The van der Waals surface area contributed by atoms with Gasteiger partial charge in [-0.05, 0) is 214 Å². The molecule has 2 heteroatoms. The molecular formula is C93H79NO. The average molecular weight is 1230 g/mol. The van der Waals surface area contributed by atoms with Crippen molar-refractivity contribution in [3.05, 3.63) is 393 Å². The molecule has 3 atom stereocenters. The first-order valence-corrected chi connectivity index (χ1v) is 34.3. The molecule has 16 rings (SSSR count). The van der Waals surface area contributed by atoms with Crippen molar-refractivity contribution < 1.29 is 4.74 Å². The van der Waals surface area contributed by atoms with Crippen molar-refractivity contribution in [2.75, 3.05) is 4.90 Å². The van der Waals surface area contributed by atoms with E-state index in [1.54, 1.807) is 0 Å². The highest BCUT2D eigenvalue weighted by Crippen LogP contribution is 2.60. The molecule has 0 heterocycles. The predicted molar refractivity (Wildman–Crippen MR) is 396 cm³/mol. The third-order valence-electron chi connectivity index (χ3n) is 21.4. The minimum atomic E-state index is -0.690. The van der Waals surface area contributed by atoms with Crippen LogP contribution >= 0.6 is 0 Å². The highest BCUT2D eigenvalue weighted by molar-refractivity contribution is 5.92. The molecule has 0 fully saturated rings. The predicted octanol–water partition coefficient (Wildman–Crippen LogP) is 23.9. The number of nitrogens with zero attached hydrogens (tertiary/aromatic N) is 1. The number of hydrogen-bond donors (Lipinski definition) is 0. The van der Waals surface area contributed by atoms with E-state index in [0.717, 1.165) is 41.2 Å². The Morgan fingerprint density at radius 2 is 0.821 bits per heavy atom. The summed E-state index contributed by atoms with van der Waals surface area (Å²) in [5, 5.41) is 0. The SMILES string of the molecule is CCC(CC(C)c1ccc(COc2ccc(C3(c4ccc(C(C)(C)C)cc4)c4ccccc4-c4ccc(N(c5ccc(-c6ccccc6)cc5)c5ccc6c(c5)C(c5ccccc5)(c5ccccc5)c5ccccc5-6)cc43)cc2)cc1)c1ccc(-c2ccc3c(c2)CC3)cc1. The summed E-state index contributed by atoms with van der Waals surface area (Å²) in [6, 6.07) is 119. The zero-order valence-corrected chi connectivity index (χ0v) is 55.1. The van der Waals surface area contributed by atoms with Crippen LogP contribution in [0, 0.1) is 0 Å². The normalized spacial score (nSPS) is 15.3. The Morgan fingerprint density at radius 1 is 0.379 bits per heavy atom. The topological polar surface area (TPSA) is 12.5 Å². The summed E-state index contributed by atoms with van der Waals surface area (Å²) in [4.78, 5) is 2.50. The number of aryl methyl sites for hydroxylation is 2. The van der Waals surface area contributed by atoms with Crippen LogP contribution in [0.5, 0.6) is 5.75 Å². The molecule has 462 valence electrons. The highest BCUT2D eigenvalue weighted by Gasteiger charge is 2.48. The molecule has 0 aliphatic heterocycles. The van der Waals surface area contributed by atoms with Crippen molar-refractivity contribution >= 4 is 17.1 Å². The molecule has 13 aromatic carbocycles. The van der Waals surface area contributed by atoms with Gasteiger partial charge in [0, 0.05) is 17.1 Å². The van der Waals surface area contributed by atoms with E-state index in [0.29, 0.717) is 18.4 Å². The summed E-state index contributed by atoms with van der Waals surface area (Å²) < 4.78 is 6.74. The van der Waals surface area contributed by atoms with Crippen molar-refractivity contribution in [3.8, 4) is 50.3 Å². The maximum absolute atomic E-state index is 6.74. The fourth-order valence-corrected chi connectivity index (χ4v) is 16.2. The number of benzene rings is 13. The van der Waals surface area contributed by atoms with Crippen LogP contribution in [-0.4, -0.2) is 0 Å². The Balaban J connectivity index is 0.761. The summed E-state index contributed by atoms with van der Waals surface area (Å²) >= 11 is 0. The molecular weight excluding hydrogens is 1150 g/mol. The summed E-state index contributed by atoms with van der Waals surface area (Å²) in [7, 11) is 0. The van der Waals surface area contributed by atoms with Gasteiger partial charge in [0.15, 0.2) is 0 Å². The van der Waals surface area contributed by atoms with E-state index < -0.39 is 10.8 Å². The van der Waals surface area contributed by atoms with E-state index in [2.05, 4.69) is 355 Å². The lowest BCUT2D eigenvalue weighted by Gasteiger charge is -2.36. The third kappa shape index (κ3) is 10.4. The Hall–Kier alpha value is -10.5. The minimum absolute atomic E-state index is 0.0245. The monoisotopic (exact) mass is 1230 g/mol. The fraction of sp³-hybridized carbons (Fsp3) is 0.161. The van der Waals surface area contributed by atoms with Crippen molar-refractivity contribution in [2.24, 2.45) is 0 Å². The average Bonchev–Trinajstić information content (AvgIpc) is 1.55. The molecule has 3 aliphatic carbocycles. The highest BCUT2D eigenvalue weighted by atomic mass is 16.5. The largest absolute Gasteiger partial charge is 0.489 e. The van der Waals surface area contributed by atoms with E-state index >= 15 is 0 Å². The molecule has 3 aliphatic rings. The lowest BCUT2D eigenvalue weighted by molar-refractivity contribution is 0.306. The molecule has 2 nitrogen and oxygen atoms in total. The van der Waals surface area contributed by atoms with Gasteiger partial charge in [-0.15, -0.1) is 0 Å². The van der Waals surface area contributed by atoms with Crippen LogP contribution in [0.15, 0.2) is 315 Å². The molecule has 0 N–H and O–H groups in total. The summed E-state index contributed by atoms with van der Waals surface area (Å²) in [6.45, 7) is 12.1. The van der Waals surface area contributed by atoms with Crippen LogP contribution in [0.1, 0.15) is 137 Å². The van der Waals surface area contributed by atoms with Gasteiger partial charge in [-0.25, -0.2) is 0 Å². The van der Waals surface area contributed by atoms with Crippen molar-refractivity contribution in [3.63, 3.8) is 0 Å². The van der Waals surface area contributed by atoms with Crippen molar-refractivity contribution in [1.29, 1.82) is 0 Å². The summed E-state index contributed by atoms with van der Waals surface area (Å²) in [5.74, 6) is 1.75. The zero-order valence-electron chi connectivity index (χ0n) is 55.1. The van der Waals surface area contributed by atoms with Gasteiger partial charge in [-0.1, -0.05) is 302 Å². The Kier molecular flexibility index (Phi) is 15.3. The molecule has 0 aromatic heterocycles. The van der Waals surface area contributed by atoms with Gasteiger partial charge >= 0.3 is 0 Å². The van der Waals surface area contributed by atoms with E-state index in [4.69, 9.17) is 4.74 Å². The number of hydrogen-bond acceptors (Lipinski definition) is 2. The van der Waals surface area contributed by atoms with E-state index in [1.165, 1.54) is 130 Å². The fourth-order valence-electron chi connectivity index (χ4n) is 16.2. The minimum Gasteiger partial charge on any atom is -0.489 e. The van der Waals surface area contributed by atoms with Crippen LogP contribution < -0.4 is 9.64 Å². The number of rotatable bonds is 17. The van der Waals surface area contributed by atoms with Gasteiger partial charge in [-0.2, -0.15) is 0 Å². The lowest BCUT2D eigenvalue weighted by Crippen LogP contribution is -2.29. The van der Waals surface area contributed by atoms with E-state index in [9.17, 15) is 0 Å². The van der Waals surface area contributed by atoms with E-state index in [1.807, 2.05) is 0 Å². The Bertz CT molecular complexity index is 4870. The van der Waals surface area contributed by atoms with Gasteiger partial charge in [0.2, 0.25) is 0 Å². The van der Waals surface area contributed by atoms with Crippen LogP contribution in [0.4, 0.5) is 17.1 Å². The van der Waals surface area contributed by atoms with E-state index in [-0.39, 0.29) is 5.41 Å². The number of fused-ring (bicyclic) bond motifs is 7. The first-order valence-electron chi connectivity index (χ1n) is 34.3. The van der Waals surface area contributed by atoms with Gasteiger partial charge in [-0.3, -0.25) is 0 Å². The third-order valence-corrected chi connectivity index (χ3v) is 21.4. The quantitative estimate of drug-likeness (QED) is 0.0901. The number of anilines is 3.